The molecule has 0 saturated heterocycles. The van der Waals surface area contributed by atoms with Crippen molar-refractivity contribution in [2.75, 3.05) is 7.11 Å². The van der Waals surface area contributed by atoms with Crippen LogP contribution in [0.5, 0.6) is 5.75 Å². The van der Waals surface area contributed by atoms with Gasteiger partial charge in [-0.3, -0.25) is 4.79 Å². The summed E-state index contributed by atoms with van der Waals surface area (Å²) in [4.78, 5) is 10.4. The van der Waals surface area contributed by atoms with E-state index in [1.165, 1.54) is 13.2 Å². The van der Waals surface area contributed by atoms with Crippen LogP contribution in [0.15, 0.2) is 12.1 Å². The highest BCUT2D eigenvalue weighted by Gasteiger charge is 2.15. The van der Waals surface area contributed by atoms with Gasteiger partial charge < -0.3 is 15.6 Å². The quantitative estimate of drug-likeness (QED) is 0.827. The second kappa shape index (κ2) is 5.63. The Kier molecular flexibility index (Phi) is 4.45. The molecular formula is C12H16FNO3. The van der Waals surface area contributed by atoms with E-state index >= 15 is 0 Å². The third kappa shape index (κ3) is 3.42. The number of carboxylic acids is 1. The lowest BCUT2D eigenvalue weighted by atomic mass is 10.00. The van der Waals surface area contributed by atoms with Gasteiger partial charge in [-0.05, 0) is 25.0 Å². The number of nitrogens with two attached hydrogens (primary N) is 1. The van der Waals surface area contributed by atoms with Crippen LogP contribution in [-0.4, -0.2) is 18.2 Å². The summed E-state index contributed by atoms with van der Waals surface area (Å²) in [5.41, 5.74) is 6.86. The number of hydrogen-bond donors (Lipinski definition) is 2. The number of hydrogen-bond acceptors (Lipinski definition) is 3. The molecule has 17 heavy (non-hydrogen) atoms. The molecule has 3 N–H and O–H groups in total. The number of aliphatic carboxylic acids is 1. The zero-order chi connectivity index (χ0) is 13.0. The van der Waals surface area contributed by atoms with Crippen molar-refractivity contribution >= 4 is 5.97 Å². The first-order valence-electron chi connectivity index (χ1n) is 5.27. The minimum atomic E-state index is -0.939. The van der Waals surface area contributed by atoms with Crippen molar-refractivity contribution in [2.45, 2.75) is 25.8 Å². The van der Waals surface area contributed by atoms with Gasteiger partial charge in [0, 0.05) is 24.1 Å². The molecule has 0 spiro atoms. The van der Waals surface area contributed by atoms with Crippen LogP contribution in [0.4, 0.5) is 4.39 Å². The third-order valence-electron chi connectivity index (χ3n) is 2.58. The fourth-order valence-corrected chi connectivity index (χ4v) is 1.62. The molecule has 1 aromatic rings. The van der Waals surface area contributed by atoms with Crippen molar-refractivity contribution in [3.63, 3.8) is 0 Å². The minimum absolute atomic E-state index is 0.0777. The molecule has 1 aromatic carbocycles. The predicted octanol–water partition coefficient (Wildman–Crippen LogP) is 2.01. The van der Waals surface area contributed by atoms with Crippen LogP contribution in [0, 0.1) is 12.7 Å². The lowest BCUT2D eigenvalue weighted by Gasteiger charge is -2.14. The van der Waals surface area contributed by atoms with Crippen molar-refractivity contribution in [1.82, 2.24) is 0 Å². The maximum Gasteiger partial charge on any atom is 0.303 e. The molecule has 0 saturated carbocycles. The van der Waals surface area contributed by atoms with Gasteiger partial charge in [0.25, 0.3) is 0 Å². The highest BCUT2D eigenvalue weighted by Crippen LogP contribution is 2.26. The fraction of sp³-hybridized carbons (Fsp3) is 0.417. The molecule has 1 atom stereocenters. The Morgan fingerprint density at radius 1 is 1.59 bits per heavy atom. The molecule has 94 valence electrons. The molecule has 0 heterocycles. The monoisotopic (exact) mass is 241 g/mol. The van der Waals surface area contributed by atoms with Crippen LogP contribution >= 0.6 is 0 Å². The summed E-state index contributed by atoms with van der Waals surface area (Å²) < 4.78 is 18.7. The Balaban J connectivity index is 2.90. The highest BCUT2D eigenvalue weighted by atomic mass is 19.1. The molecule has 0 bridgehead atoms. The Labute approximate surface area is 99.2 Å². The van der Waals surface area contributed by atoms with Crippen LogP contribution in [-0.2, 0) is 4.79 Å². The number of aryl methyl sites for hydroxylation is 1. The smallest absolute Gasteiger partial charge is 0.303 e. The van der Waals surface area contributed by atoms with Crippen LogP contribution in [0.25, 0.3) is 0 Å². The van der Waals surface area contributed by atoms with Crippen LogP contribution in [0.3, 0.4) is 0 Å². The second-order valence-corrected chi connectivity index (χ2v) is 3.88. The van der Waals surface area contributed by atoms with E-state index in [0.29, 0.717) is 11.3 Å². The summed E-state index contributed by atoms with van der Waals surface area (Å²) in [5.74, 6) is -0.951. The van der Waals surface area contributed by atoms with Gasteiger partial charge in [-0.1, -0.05) is 0 Å². The van der Waals surface area contributed by atoms with Gasteiger partial charge in [0.05, 0.1) is 7.11 Å². The molecule has 0 amide bonds. The summed E-state index contributed by atoms with van der Waals surface area (Å²) in [6, 6.07) is 2.25. The fourth-order valence-electron chi connectivity index (χ4n) is 1.62. The van der Waals surface area contributed by atoms with Crippen LogP contribution in [0.2, 0.25) is 0 Å². The lowest BCUT2D eigenvalue weighted by molar-refractivity contribution is -0.137. The van der Waals surface area contributed by atoms with Crippen molar-refractivity contribution in [3.05, 3.63) is 29.1 Å². The van der Waals surface area contributed by atoms with E-state index in [1.807, 2.05) is 0 Å². The maximum atomic E-state index is 13.7. The van der Waals surface area contributed by atoms with E-state index in [4.69, 9.17) is 15.6 Å². The summed E-state index contributed by atoms with van der Waals surface area (Å²) in [5, 5.41) is 8.55. The standard InChI is InChI=1S/C12H16FNO3/c1-7-5-8(9(13)6-11(7)17-2)10(14)3-4-12(15)16/h5-6,10H,3-4,14H2,1-2H3,(H,15,16). The maximum absolute atomic E-state index is 13.7. The van der Waals surface area contributed by atoms with Crippen molar-refractivity contribution in [3.8, 4) is 5.75 Å². The number of carbonyl (C=O) groups is 1. The van der Waals surface area contributed by atoms with Gasteiger partial charge in [-0.25, -0.2) is 4.39 Å². The third-order valence-corrected chi connectivity index (χ3v) is 2.58. The second-order valence-electron chi connectivity index (χ2n) is 3.88. The topological polar surface area (TPSA) is 72.5 Å². The lowest BCUT2D eigenvalue weighted by Crippen LogP contribution is -2.14. The zero-order valence-corrected chi connectivity index (χ0v) is 9.87. The average molecular weight is 241 g/mol. The number of halogens is 1. The van der Waals surface area contributed by atoms with E-state index in [9.17, 15) is 9.18 Å². The van der Waals surface area contributed by atoms with Crippen LogP contribution in [0.1, 0.15) is 30.0 Å². The molecule has 4 nitrogen and oxygen atoms in total. The Bertz CT molecular complexity index is 420. The first-order valence-corrected chi connectivity index (χ1v) is 5.27. The molecule has 0 aromatic heterocycles. The predicted molar refractivity (Wildman–Crippen MR) is 61.5 cm³/mol. The van der Waals surface area contributed by atoms with Gasteiger partial charge in [-0.2, -0.15) is 0 Å². The molecule has 0 radical (unpaired) electrons. The normalized spacial score (nSPS) is 12.2. The Morgan fingerprint density at radius 3 is 2.76 bits per heavy atom. The van der Waals surface area contributed by atoms with Crippen LogP contribution < -0.4 is 10.5 Å². The molecule has 0 fully saturated rings. The molecular weight excluding hydrogens is 225 g/mol. The highest BCUT2D eigenvalue weighted by molar-refractivity contribution is 5.66. The van der Waals surface area contributed by atoms with E-state index in [0.717, 1.165) is 5.56 Å². The zero-order valence-electron chi connectivity index (χ0n) is 9.87. The molecule has 0 aliphatic rings. The molecule has 1 rings (SSSR count). The largest absolute Gasteiger partial charge is 0.496 e. The SMILES string of the molecule is COc1cc(F)c(C(N)CCC(=O)O)cc1C. The average Bonchev–Trinajstić information content (AvgIpc) is 2.28. The van der Waals surface area contributed by atoms with Gasteiger partial charge in [0.1, 0.15) is 11.6 Å². The number of rotatable bonds is 5. The van der Waals surface area contributed by atoms with Gasteiger partial charge >= 0.3 is 5.97 Å². The minimum Gasteiger partial charge on any atom is -0.496 e. The number of methoxy groups -OCH3 is 1. The summed E-state index contributed by atoms with van der Waals surface area (Å²) >= 11 is 0. The number of benzene rings is 1. The van der Waals surface area contributed by atoms with Crippen molar-refractivity contribution < 1.29 is 19.0 Å². The summed E-state index contributed by atoms with van der Waals surface area (Å²) in [7, 11) is 1.46. The van der Waals surface area contributed by atoms with Gasteiger partial charge in [0.2, 0.25) is 0 Å². The number of ether oxygens (including phenoxy) is 1. The van der Waals surface area contributed by atoms with Crippen molar-refractivity contribution in [1.29, 1.82) is 0 Å². The molecule has 0 aliphatic heterocycles. The van der Waals surface area contributed by atoms with E-state index in [2.05, 4.69) is 0 Å². The Hall–Kier alpha value is -1.62. The number of carboxylic acid groups (broad SMARTS) is 1. The summed E-state index contributed by atoms with van der Waals surface area (Å²) in [6.07, 6.45) is 0.129. The van der Waals surface area contributed by atoms with Crippen molar-refractivity contribution in [2.24, 2.45) is 5.73 Å². The first-order chi connectivity index (χ1) is 7.95. The van der Waals surface area contributed by atoms with E-state index in [1.54, 1.807) is 13.0 Å². The molecule has 5 heteroatoms. The molecule has 1 unspecified atom stereocenters. The Morgan fingerprint density at radius 2 is 2.24 bits per heavy atom. The first kappa shape index (κ1) is 13.4. The summed E-state index contributed by atoms with van der Waals surface area (Å²) in [6.45, 7) is 1.78. The van der Waals surface area contributed by atoms with Gasteiger partial charge in [0.15, 0.2) is 0 Å². The van der Waals surface area contributed by atoms with Gasteiger partial charge in [-0.15, -0.1) is 0 Å². The molecule has 0 aliphatic carbocycles. The van der Waals surface area contributed by atoms with E-state index in [-0.39, 0.29) is 12.8 Å². The van der Waals surface area contributed by atoms with E-state index < -0.39 is 17.8 Å².